The van der Waals surface area contributed by atoms with E-state index in [9.17, 15) is 0 Å². The van der Waals surface area contributed by atoms with Crippen molar-refractivity contribution < 1.29 is 0 Å². The average molecular weight is 209 g/mol. The van der Waals surface area contributed by atoms with Gasteiger partial charge in [0.2, 0.25) is 0 Å². The van der Waals surface area contributed by atoms with Gasteiger partial charge in [-0.25, -0.2) is 0 Å². The molecule has 0 saturated carbocycles. The van der Waals surface area contributed by atoms with Crippen molar-refractivity contribution in [3.8, 4) is 0 Å². The van der Waals surface area contributed by atoms with Crippen LogP contribution in [0.15, 0.2) is 24.3 Å². The van der Waals surface area contributed by atoms with E-state index in [2.05, 4.69) is 42.8 Å². The van der Waals surface area contributed by atoms with Crippen molar-refractivity contribution in [3.05, 3.63) is 35.4 Å². The zero-order chi connectivity index (χ0) is 10.2. The summed E-state index contributed by atoms with van der Waals surface area (Å²) in [6, 6.07) is 8.67. The average Bonchev–Trinajstić information content (AvgIpc) is 2.18. The highest BCUT2D eigenvalue weighted by Crippen LogP contribution is 2.03. The van der Waals surface area contributed by atoms with Gasteiger partial charge >= 0.3 is 0 Å². The largest absolute Gasteiger partial charge is 0.313 e. The lowest BCUT2D eigenvalue weighted by molar-refractivity contribution is 0.679. The standard InChI is InChI=1S/C12H19NS/c1-11-5-3-6-12(9-11)10-13-7-4-8-14-2/h3,5-6,9,13H,4,7-8,10H2,1-2H3. The summed E-state index contributed by atoms with van der Waals surface area (Å²) in [4.78, 5) is 0. The molecule has 0 aliphatic heterocycles. The van der Waals surface area contributed by atoms with Gasteiger partial charge in [-0.2, -0.15) is 11.8 Å². The number of rotatable bonds is 6. The van der Waals surface area contributed by atoms with E-state index in [4.69, 9.17) is 0 Å². The van der Waals surface area contributed by atoms with Crippen LogP contribution in [0.1, 0.15) is 17.5 Å². The molecule has 2 heteroatoms. The van der Waals surface area contributed by atoms with Gasteiger partial charge in [-0.05, 0) is 37.5 Å². The second kappa shape index (κ2) is 6.91. The Labute approximate surface area is 91.3 Å². The minimum absolute atomic E-state index is 0.996. The Kier molecular flexibility index (Phi) is 5.72. The Morgan fingerprint density at radius 2 is 2.21 bits per heavy atom. The molecular formula is C12H19NS. The van der Waals surface area contributed by atoms with E-state index in [1.165, 1.54) is 23.3 Å². The summed E-state index contributed by atoms with van der Waals surface area (Å²) in [5, 5.41) is 3.45. The Morgan fingerprint density at radius 3 is 2.93 bits per heavy atom. The van der Waals surface area contributed by atoms with E-state index in [1.807, 2.05) is 11.8 Å². The van der Waals surface area contributed by atoms with E-state index >= 15 is 0 Å². The highest BCUT2D eigenvalue weighted by atomic mass is 32.2. The molecule has 1 N–H and O–H groups in total. The van der Waals surface area contributed by atoms with Gasteiger partial charge in [-0.3, -0.25) is 0 Å². The lowest BCUT2D eigenvalue weighted by Crippen LogP contribution is -2.15. The Balaban J connectivity index is 2.18. The molecular weight excluding hydrogens is 190 g/mol. The quantitative estimate of drug-likeness (QED) is 0.723. The van der Waals surface area contributed by atoms with Crippen molar-refractivity contribution in [2.75, 3.05) is 18.6 Å². The summed E-state index contributed by atoms with van der Waals surface area (Å²) in [5.74, 6) is 1.25. The highest BCUT2D eigenvalue weighted by molar-refractivity contribution is 7.98. The molecule has 1 aromatic carbocycles. The third kappa shape index (κ3) is 4.68. The number of hydrogen-bond donors (Lipinski definition) is 1. The molecule has 0 aliphatic rings. The van der Waals surface area contributed by atoms with Gasteiger partial charge in [0, 0.05) is 6.54 Å². The van der Waals surface area contributed by atoms with Gasteiger partial charge in [0.25, 0.3) is 0 Å². The molecule has 0 radical (unpaired) electrons. The van der Waals surface area contributed by atoms with Crippen molar-refractivity contribution in [1.29, 1.82) is 0 Å². The van der Waals surface area contributed by atoms with Crippen LogP contribution in [0.5, 0.6) is 0 Å². The molecule has 0 amide bonds. The second-order valence-electron chi connectivity index (χ2n) is 3.51. The summed E-state index contributed by atoms with van der Waals surface area (Å²) in [7, 11) is 0. The lowest BCUT2D eigenvalue weighted by atomic mass is 10.1. The minimum atomic E-state index is 0.996. The molecule has 1 nitrogen and oxygen atoms in total. The number of aryl methyl sites for hydroxylation is 1. The maximum absolute atomic E-state index is 3.45. The summed E-state index contributed by atoms with van der Waals surface area (Å²) in [6.07, 6.45) is 3.41. The zero-order valence-corrected chi connectivity index (χ0v) is 9.86. The first-order valence-corrected chi connectivity index (χ1v) is 6.47. The Morgan fingerprint density at radius 1 is 1.36 bits per heavy atom. The molecule has 0 unspecified atom stereocenters. The van der Waals surface area contributed by atoms with Crippen molar-refractivity contribution in [1.82, 2.24) is 5.32 Å². The van der Waals surface area contributed by atoms with Crippen LogP contribution in [0.4, 0.5) is 0 Å². The zero-order valence-electron chi connectivity index (χ0n) is 9.05. The van der Waals surface area contributed by atoms with E-state index in [-0.39, 0.29) is 0 Å². The van der Waals surface area contributed by atoms with Crippen LogP contribution in [0, 0.1) is 6.92 Å². The molecule has 0 fully saturated rings. The van der Waals surface area contributed by atoms with E-state index in [0.29, 0.717) is 0 Å². The maximum atomic E-state index is 3.45. The molecule has 0 saturated heterocycles. The molecule has 0 bridgehead atoms. The summed E-state index contributed by atoms with van der Waals surface area (Å²) < 4.78 is 0. The molecule has 0 spiro atoms. The van der Waals surface area contributed by atoms with Gasteiger partial charge in [0.15, 0.2) is 0 Å². The summed E-state index contributed by atoms with van der Waals surface area (Å²) >= 11 is 1.91. The van der Waals surface area contributed by atoms with Crippen LogP contribution >= 0.6 is 11.8 Å². The first-order valence-electron chi connectivity index (χ1n) is 5.08. The van der Waals surface area contributed by atoms with Gasteiger partial charge in [0.1, 0.15) is 0 Å². The van der Waals surface area contributed by atoms with Gasteiger partial charge in [-0.1, -0.05) is 29.8 Å². The molecule has 0 heterocycles. The van der Waals surface area contributed by atoms with Crippen LogP contribution in [-0.4, -0.2) is 18.6 Å². The van der Waals surface area contributed by atoms with E-state index in [1.54, 1.807) is 0 Å². The van der Waals surface area contributed by atoms with E-state index in [0.717, 1.165) is 13.1 Å². The van der Waals surface area contributed by atoms with Crippen molar-refractivity contribution in [2.45, 2.75) is 19.9 Å². The topological polar surface area (TPSA) is 12.0 Å². The third-order valence-corrected chi connectivity index (χ3v) is 2.81. The van der Waals surface area contributed by atoms with Crippen LogP contribution < -0.4 is 5.32 Å². The molecule has 78 valence electrons. The smallest absolute Gasteiger partial charge is 0.0205 e. The predicted octanol–water partition coefficient (Wildman–Crippen LogP) is 2.84. The first kappa shape index (κ1) is 11.6. The highest BCUT2D eigenvalue weighted by Gasteiger charge is 1.92. The molecule has 1 rings (SSSR count). The third-order valence-electron chi connectivity index (χ3n) is 2.11. The monoisotopic (exact) mass is 209 g/mol. The van der Waals surface area contributed by atoms with Gasteiger partial charge in [0.05, 0.1) is 0 Å². The number of nitrogens with one attached hydrogen (secondary N) is 1. The molecule has 14 heavy (non-hydrogen) atoms. The molecule has 0 atom stereocenters. The van der Waals surface area contributed by atoms with Crippen molar-refractivity contribution in [3.63, 3.8) is 0 Å². The fourth-order valence-electron chi connectivity index (χ4n) is 1.40. The molecule has 0 aliphatic carbocycles. The van der Waals surface area contributed by atoms with Crippen LogP contribution in [-0.2, 0) is 6.54 Å². The number of thioether (sulfide) groups is 1. The maximum Gasteiger partial charge on any atom is 0.0205 e. The normalized spacial score (nSPS) is 10.4. The first-order chi connectivity index (χ1) is 6.83. The predicted molar refractivity (Wildman–Crippen MR) is 65.9 cm³/mol. The van der Waals surface area contributed by atoms with Crippen molar-refractivity contribution in [2.24, 2.45) is 0 Å². The molecule has 1 aromatic rings. The minimum Gasteiger partial charge on any atom is -0.313 e. The van der Waals surface area contributed by atoms with Gasteiger partial charge in [-0.15, -0.1) is 0 Å². The van der Waals surface area contributed by atoms with Crippen LogP contribution in [0.25, 0.3) is 0 Å². The van der Waals surface area contributed by atoms with Crippen LogP contribution in [0.2, 0.25) is 0 Å². The lowest BCUT2D eigenvalue weighted by Gasteiger charge is -2.04. The SMILES string of the molecule is CSCCCNCc1cccc(C)c1. The van der Waals surface area contributed by atoms with Crippen molar-refractivity contribution >= 4 is 11.8 Å². The Bertz CT molecular complexity index is 260. The second-order valence-corrected chi connectivity index (χ2v) is 4.50. The number of hydrogen-bond acceptors (Lipinski definition) is 2. The summed E-state index contributed by atoms with van der Waals surface area (Å²) in [5.41, 5.74) is 2.72. The Hall–Kier alpha value is -0.470. The fraction of sp³-hybridized carbons (Fsp3) is 0.500. The fourth-order valence-corrected chi connectivity index (χ4v) is 1.83. The van der Waals surface area contributed by atoms with Gasteiger partial charge < -0.3 is 5.32 Å². The molecule has 0 aromatic heterocycles. The van der Waals surface area contributed by atoms with Crippen LogP contribution in [0.3, 0.4) is 0 Å². The van der Waals surface area contributed by atoms with E-state index < -0.39 is 0 Å². The number of benzene rings is 1. The summed E-state index contributed by atoms with van der Waals surface area (Å²) in [6.45, 7) is 4.25.